The normalized spacial score (nSPS) is 9.98. The lowest BCUT2D eigenvalue weighted by molar-refractivity contribution is 0.237. The number of hydrogen-bond acceptors (Lipinski definition) is 10. The van der Waals surface area contributed by atoms with Crippen LogP contribution in [0, 0.1) is 22.7 Å². The van der Waals surface area contributed by atoms with Gasteiger partial charge in [0.2, 0.25) is 6.08 Å². The van der Waals surface area contributed by atoms with Crippen LogP contribution in [-0.2, 0) is 17.9 Å². The molecule has 0 saturated heterocycles. The first kappa shape index (κ1) is 48.1. The fraction of sp³-hybridized carbons (Fsp3) is 0.319. The van der Waals surface area contributed by atoms with Gasteiger partial charge in [0, 0.05) is 55.6 Å². The number of aromatic nitrogens is 2. The predicted molar refractivity (Wildman–Crippen MR) is 241 cm³/mol. The third-order valence-corrected chi connectivity index (χ3v) is 9.26. The van der Waals surface area contributed by atoms with E-state index in [1.807, 2.05) is 91.9 Å². The molecule has 4 N–H and O–H groups in total. The van der Waals surface area contributed by atoms with Gasteiger partial charge < -0.3 is 44.4 Å². The first-order chi connectivity index (χ1) is 29.3. The van der Waals surface area contributed by atoms with Crippen LogP contribution in [0.4, 0.5) is 4.79 Å². The molecule has 6 rings (SSSR count). The van der Waals surface area contributed by atoms with Crippen LogP contribution in [-0.4, -0.2) is 74.9 Å². The second-order valence-electron chi connectivity index (χ2n) is 12.8. The molecule has 4 aromatic carbocycles. The Balaban J connectivity index is 0.000000292. The van der Waals surface area contributed by atoms with Gasteiger partial charge >= 0.3 is 6.03 Å². The summed E-state index contributed by atoms with van der Waals surface area (Å²) in [5.74, 6) is 3.02. The Labute approximate surface area is 358 Å². The molecule has 6 aromatic rings. The highest BCUT2D eigenvalue weighted by molar-refractivity contribution is 5.96. The van der Waals surface area contributed by atoms with Gasteiger partial charge in [-0.15, -0.1) is 0 Å². The van der Waals surface area contributed by atoms with E-state index in [2.05, 4.69) is 50.7 Å². The molecule has 0 aliphatic rings. The molecule has 2 heterocycles. The van der Waals surface area contributed by atoms with E-state index in [4.69, 9.17) is 29.5 Å². The van der Waals surface area contributed by atoms with Gasteiger partial charge in [-0.05, 0) is 112 Å². The number of methoxy groups -OCH3 is 2. The second kappa shape index (κ2) is 24.6. The number of carbonyl (C=O) groups excluding carboxylic acids is 2. The quantitative estimate of drug-likeness (QED) is 0.0518. The topological polar surface area (TPSA) is 191 Å². The second-order valence-corrected chi connectivity index (χ2v) is 12.8. The number of benzene rings is 4. The van der Waals surface area contributed by atoms with Crippen molar-refractivity contribution in [2.75, 3.05) is 53.6 Å². The van der Waals surface area contributed by atoms with Crippen molar-refractivity contribution in [3.63, 3.8) is 0 Å². The maximum atomic E-state index is 11.4. The minimum atomic E-state index is -0.204. The first-order valence-electron chi connectivity index (χ1n) is 19.7. The molecule has 0 bridgehead atoms. The molecular formula is C47H56N8O6. The van der Waals surface area contributed by atoms with Crippen molar-refractivity contribution in [3.8, 4) is 57.7 Å². The Hall–Kier alpha value is -7.25. The Morgan fingerprint density at radius 3 is 1.48 bits per heavy atom. The summed E-state index contributed by atoms with van der Waals surface area (Å²) in [7, 11) is 3.28. The number of amides is 2. The number of carbonyl (C=O) groups is 1. The van der Waals surface area contributed by atoms with Crippen molar-refractivity contribution in [2.24, 2.45) is 10.7 Å². The van der Waals surface area contributed by atoms with Crippen molar-refractivity contribution >= 4 is 33.9 Å². The van der Waals surface area contributed by atoms with Crippen molar-refractivity contribution in [3.05, 3.63) is 96.1 Å². The number of nitriles is 2. The Kier molecular flexibility index (Phi) is 19.4. The summed E-state index contributed by atoms with van der Waals surface area (Å²) in [6.45, 7) is 12.1. The van der Waals surface area contributed by atoms with Crippen molar-refractivity contribution < 1.29 is 28.5 Å². The van der Waals surface area contributed by atoms with E-state index in [0.717, 1.165) is 74.7 Å². The predicted octanol–water partition coefficient (Wildman–Crippen LogP) is 8.43. The summed E-state index contributed by atoms with van der Waals surface area (Å²) < 4.78 is 26.2. The number of nitrogens with one attached hydrogen (secondary N) is 2. The average Bonchev–Trinajstić information content (AvgIpc) is 3.79. The SMILES string of the molecule is C.CCN=C=O.CCNC(=O)NCCOc1ccc(-c2c(C#N)c3ccc(OC)cc3n2CC)cc1.CCn1c(-c2ccc(OCCN)cc2)c(C#N)c2ccc(OC)cc21. The highest BCUT2D eigenvalue weighted by Crippen LogP contribution is 2.37. The van der Waals surface area contributed by atoms with Gasteiger partial charge in [0.15, 0.2) is 0 Å². The van der Waals surface area contributed by atoms with E-state index in [1.54, 1.807) is 21.1 Å². The molecule has 0 unspecified atom stereocenters. The van der Waals surface area contributed by atoms with E-state index in [-0.39, 0.29) is 13.5 Å². The zero-order chi connectivity index (χ0) is 43.4. The maximum Gasteiger partial charge on any atom is 0.314 e. The Bertz CT molecular complexity index is 2470. The highest BCUT2D eigenvalue weighted by Gasteiger charge is 2.20. The lowest BCUT2D eigenvalue weighted by atomic mass is 10.1. The molecule has 320 valence electrons. The van der Waals surface area contributed by atoms with Gasteiger partial charge in [0.05, 0.1) is 54.3 Å². The summed E-state index contributed by atoms with van der Waals surface area (Å²) >= 11 is 0. The molecule has 2 amide bonds. The molecule has 0 spiro atoms. The lowest BCUT2D eigenvalue weighted by Gasteiger charge is -2.11. The van der Waals surface area contributed by atoms with Gasteiger partial charge in [0.1, 0.15) is 48.4 Å². The molecule has 14 nitrogen and oxygen atoms in total. The van der Waals surface area contributed by atoms with Crippen LogP contribution in [0.15, 0.2) is 89.9 Å². The smallest absolute Gasteiger partial charge is 0.314 e. The average molecular weight is 829 g/mol. The number of isocyanates is 1. The molecule has 0 aliphatic heterocycles. The standard InChI is InChI=1S/C23H26N4O3.C20H21N3O2.C3H5NO.CH4/c1-4-25-23(28)26-12-13-30-17-8-6-16(7-9-17)22-20(15-24)19-11-10-18(29-3)14-21(19)27(22)5-2;1-3-23-19-12-16(24-2)8-9-17(19)18(13-22)20(23)14-4-6-15(7-5-14)25-11-10-21;1-2-4-3-5;/h6-11,14H,4-5,12-13H2,1-3H3,(H2,25,26,28);4-9,12H,3,10-11,21H2,1-2H3;2H2,1H3;1H4. The maximum absolute atomic E-state index is 11.4. The minimum Gasteiger partial charge on any atom is -0.497 e. The summed E-state index contributed by atoms with van der Waals surface area (Å²) in [6, 6.07) is 31.5. The summed E-state index contributed by atoms with van der Waals surface area (Å²) in [5.41, 5.74) is 12.5. The first-order valence-corrected chi connectivity index (χ1v) is 19.7. The van der Waals surface area contributed by atoms with Gasteiger partial charge in [-0.2, -0.15) is 10.5 Å². The molecule has 0 fully saturated rings. The number of ether oxygens (including phenoxy) is 4. The van der Waals surface area contributed by atoms with Crippen LogP contribution >= 0.6 is 0 Å². The summed E-state index contributed by atoms with van der Waals surface area (Å²) in [4.78, 5) is 23.7. The molecule has 0 saturated carbocycles. The third kappa shape index (κ3) is 11.9. The van der Waals surface area contributed by atoms with Gasteiger partial charge in [-0.3, -0.25) is 0 Å². The number of aliphatic imine (C=N–C) groups is 1. The lowest BCUT2D eigenvalue weighted by Crippen LogP contribution is -2.37. The number of nitrogens with zero attached hydrogens (tertiary/aromatic N) is 5. The monoisotopic (exact) mass is 828 g/mol. The van der Waals surface area contributed by atoms with E-state index < -0.39 is 0 Å². The Morgan fingerprint density at radius 2 is 1.13 bits per heavy atom. The van der Waals surface area contributed by atoms with Crippen LogP contribution in [0.5, 0.6) is 23.0 Å². The molecule has 0 aliphatic carbocycles. The molecule has 0 atom stereocenters. The van der Waals surface area contributed by atoms with E-state index >= 15 is 0 Å². The van der Waals surface area contributed by atoms with Gasteiger partial charge in [0.25, 0.3) is 0 Å². The van der Waals surface area contributed by atoms with Crippen LogP contribution in [0.2, 0.25) is 0 Å². The zero-order valence-electron chi connectivity index (χ0n) is 35.0. The zero-order valence-corrected chi connectivity index (χ0v) is 35.0. The summed E-state index contributed by atoms with van der Waals surface area (Å²) in [5, 5.41) is 26.8. The number of rotatable bonds is 15. The summed E-state index contributed by atoms with van der Waals surface area (Å²) in [6.07, 6.45) is 1.39. The largest absolute Gasteiger partial charge is 0.497 e. The number of aryl methyl sites for hydroxylation is 2. The van der Waals surface area contributed by atoms with Crippen LogP contribution in [0.3, 0.4) is 0 Å². The van der Waals surface area contributed by atoms with E-state index in [1.165, 1.54) is 6.08 Å². The molecule has 14 heteroatoms. The van der Waals surface area contributed by atoms with Crippen LogP contribution in [0.25, 0.3) is 44.3 Å². The van der Waals surface area contributed by atoms with Gasteiger partial charge in [-0.1, -0.05) is 7.43 Å². The highest BCUT2D eigenvalue weighted by atomic mass is 16.5. The molecular weight excluding hydrogens is 773 g/mol. The minimum absolute atomic E-state index is 0. The molecule has 0 radical (unpaired) electrons. The number of fused-ring (bicyclic) bond motifs is 2. The number of hydrogen-bond donors (Lipinski definition) is 3. The van der Waals surface area contributed by atoms with Gasteiger partial charge in [-0.25, -0.2) is 14.6 Å². The fourth-order valence-corrected chi connectivity index (χ4v) is 6.61. The Morgan fingerprint density at radius 1 is 0.689 bits per heavy atom. The fourth-order valence-electron chi connectivity index (χ4n) is 6.61. The number of nitrogens with two attached hydrogens (primary N) is 1. The number of urea groups is 1. The molecule has 61 heavy (non-hydrogen) atoms. The van der Waals surface area contributed by atoms with Crippen LogP contribution < -0.4 is 35.3 Å². The van der Waals surface area contributed by atoms with E-state index in [0.29, 0.717) is 56.3 Å². The third-order valence-electron chi connectivity index (χ3n) is 9.26. The van der Waals surface area contributed by atoms with E-state index in [9.17, 15) is 15.3 Å². The van der Waals surface area contributed by atoms with Crippen molar-refractivity contribution in [2.45, 2.75) is 48.2 Å². The van der Waals surface area contributed by atoms with Crippen molar-refractivity contribution in [1.29, 1.82) is 10.5 Å². The molecule has 2 aromatic heterocycles. The van der Waals surface area contributed by atoms with Crippen molar-refractivity contribution in [1.82, 2.24) is 19.8 Å². The van der Waals surface area contributed by atoms with Crippen LogP contribution in [0.1, 0.15) is 46.2 Å².